The van der Waals surface area contributed by atoms with Gasteiger partial charge in [0.1, 0.15) is 6.33 Å². The smallest absolute Gasteiger partial charge is 0.377 e. The van der Waals surface area contributed by atoms with E-state index >= 15 is 0 Å². The molecule has 0 saturated heterocycles. The fraction of sp³-hybridized carbons (Fsp3) is 0.308. The predicted octanol–water partition coefficient (Wildman–Crippen LogP) is 1.76. The lowest BCUT2D eigenvalue weighted by Crippen LogP contribution is -2.30. The van der Waals surface area contributed by atoms with Gasteiger partial charge in [0.15, 0.2) is 0 Å². The molecule has 0 amide bonds. The lowest BCUT2D eigenvalue weighted by molar-refractivity contribution is 0.0586. The SMILES string of the molecule is COC(=O)c1ncn(C(c2ccc(Br)cc2)C(C)N)n1. The van der Waals surface area contributed by atoms with Crippen molar-refractivity contribution in [3.05, 3.63) is 46.5 Å². The van der Waals surface area contributed by atoms with Crippen LogP contribution in [0.25, 0.3) is 0 Å². The molecule has 106 valence electrons. The molecule has 0 radical (unpaired) electrons. The van der Waals surface area contributed by atoms with Crippen molar-refractivity contribution in [3.8, 4) is 0 Å². The Bertz CT molecular complexity index is 595. The highest BCUT2D eigenvalue weighted by molar-refractivity contribution is 9.10. The van der Waals surface area contributed by atoms with E-state index < -0.39 is 5.97 Å². The Hall–Kier alpha value is -1.73. The Morgan fingerprint density at radius 3 is 2.60 bits per heavy atom. The number of esters is 1. The van der Waals surface area contributed by atoms with E-state index in [-0.39, 0.29) is 17.9 Å². The monoisotopic (exact) mass is 338 g/mol. The highest BCUT2D eigenvalue weighted by Crippen LogP contribution is 2.22. The van der Waals surface area contributed by atoms with Crippen molar-refractivity contribution in [2.75, 3.05) is 7.11 Å². The number of benzene rings is 1. The van der Waals surface area contributed by atoms with E-state index in [1.165, 1.54) is 13.4 Å². The molecule has 1 aromatic heterocycles. The largest absolute Gasteiger partial charge is 0.463 e. The normalized spacial score (nSPS) is 13.8. The molecule has 2 aromatic rings. The number of nitrogens with zero attached hydrogens (tertiary/aromatic N) is 3. The molecule has 20 heavy (non-hydrogen) atoms. The highest BCUT2D eigenvalue weighted by Gasteiger charge is 2.21. The minimum absolute atomic E-state index is 0.0234. The predicted molar refractivity (Wildman–Crippen MR) is 77.3 cm³/mol. The van der Waals surface area contributed by atoms with Gasteiger partial charge in [-0.2, -0.15) is 0 Å². The van der Waals surface area contributed by atoms with Crippen molar-refractivity contribution in [1.82, 2.24) is 14.8 Å². The van der Waals surface area contributed by atoms with Crippen LogP contribution in [0, 0.1) is 0 Å². The number of halogens is 1. The van der Waals surface area contributed by atoms with Crippen LogP contribution in [0.4, 0.5) is 0 Å². The first-order valence-corrected chi connectivity index (χ1v) is 6.82. The Labute approximate surface area is 125 Å². The van der Waals surface area contributed by atoms with Crippen molar-refractivity contribution in [2.45, 2.75) is 19.0 Å². The Balaban J connectivity index is 2.36. The van der Waals surface area contributed by atoms with Crippen molar-refractivity contribution in [2.24, 2.45) is 5.73 Å². The number of ether oxygens (including phenoxy) is 1. The second kappa shape index (κ2) is 6.15. The summed E-state index contributed by atoms with van der Waals surface area (Å²) in [6.07, 6.45) is 1.49. The van der Waals surface area contributed by atoms with Crippen LogP contribution >= 0.6 is 15.9 Å². The standard InChI is InChI=1S/C13H15BrN4O2/c1-8(15)11(9-3-5-10(14)6-4-9)18-7-16-12(17-18)13(19)20-2/h3-8,11H,15H2,1-2H3. The molecule has 1 heterocycles. The third-order valence-corrected chi connectivity index (χ3v) is 3.40. The summed E-state index contributed by atoms with van der Waals surface area (Å²) in [5, 5.41) is 4.14. The summed E-state index contributed by atoms with van der Waals surface area (Å²) in [6.45, 7) is 1.88. The first-order chi connectivity index (χ1) is 9.52. The number of carbonyl (C=O) groups excluding carboxylic acids is 1. The van der Waals surface area contributed by atoms with Crippen molar-refractivity contribution in [1.29, 1.82) is 0 Å². The van der Waals surface area contributed by atoms with Crippen LogP contribution in [-0.4, -0.2) is 33.9 Å². The van der Waals surface area contributed by atoms with E-state index in [9.17, 15) is 4.79 Å². The van der Waals surface area contributed by atoms with Gasteiger partial charge in [0.05, 0.1) is 13.2 Å². The average molecular weight is 339 g/mol. The van der Waals surface area contributed by atoms with Crippen molar-refractivity contribution < 1.29 is 9.53 Å². The van der Waals surface area contributed by atoms with E-state index in [0.29, 0.717) is 0 Å². The quantitative estimate of drug-likeness (QED) is 0.859. The summed E-state index contributed by atoms with van der Waals surface area (Å²) in [4.78, 5) is 15.3. The van der Waals surface area contributed by atoms with E-state index in [1.807, 2.05) is 31.2 Å². The lowest BCUT2D eigenvalue weighted by atomic mass is 10.0. The number of hydrogen-bond acceptors (Lipinski definition) is 5. The minimum atomic E-state index is -0.567. The topological polar surface area (TPSA) is 83.0 Å². The summed E-state index contributed by atoms with van der Waals surface area (Å²) in [7, 11) is 1.29. The van der Waals surface area contributed by atoms with Gasteiger partial charge in [-0.25, -0.2) is 14.5 Å². The van der Waals surface area contributed by atoms with E-state index in [4.69, 9.17) is 5.73 Å². The summed E-state index contributed by atoms with van der Waals surface area (Å²) >= 11 is 3.39. The molecule has 0 aliphatic rings. The van der Waals surface area contributed by atoms with E-state index in [1.54, 1.807) is 4.68 Å². The number of carbonyl (C=O) groups is 1. The van der Waals surface area contributed by atoms with Gasteiger partial charge in [-0.3, -0.25) is 0 Å². The molecule has 2 rings (SSSR count). The molecule has 2 atom stereocenters. The molecule has 7 heteroatoms. The van der Waals surface area contributed by atoms with Gasteiger partial charge in [0, 0.05) is 10.5 Å². The molecule has 1 aromatic carbocycles. The highest BCUT2D eigenvalue weighted by atomic mass is 79.9. The van der Waals surface area contributed by atoms with Gasteiger partial charge in [-0.1, -0.05) is 28.1 Å². The third-order valence-electron chi connectivity index (χ3n) is 2.87. The van der Waals surface area contributed by atoms with Gasteiger partial charge in [0.2, 0.25) is 0 Å². The number of nitrogens with two attached hydrogens (primary N) is 1. The van der Waals surface area contributed by atoms with E-state index in [0.717, 1.165) is 10.0 Å². The number of methoxy groups -OCH3 is 1. The summed E-state index contributed by atoms with van der Waals surface area (Å²) < 4.78 is 7.16. The van der Waals surface area contributed by atoms with Crippen LogP contribution in [0.15, 0.2) is 35.1 Å². The van der Waals surface area contributed by atoms with Crippen LogP contribution in [0.2, 0.25) is 0 Å². The maximum Gasteiger partial charge on any atom is 0.377 e. The Kier molecular flexibility index (Phi) is 4.51. The van der Waals surface area contributed by atoms with Crippen molar-refractivity contribution >= 4 is 21.9 Å². The molecule has 2 unspecified atom stereocenters. The second-order valence-electron chi connectivity index (χ2n) is 4.40. The maximum absolute atomic E-state index is 11.4. The molecule has 0 aliphatic heterocycles. The number of hydrogen-bond donors (Lipinski definition) is 1. The van der Waals surface area contributed by atoms with Crippen molar-refractivity contribution in [3.63, 3.8) is 0 Å². The van der Waals surface area contributed by atoms with Crippen LogP contribution in [0.3, 0.4) is 0 Å². The van der Waals surface area contributed by atoms with Gasteiger partial charge < -0.3 is 10.5 Å². The van der Waals surface area contributed by atoms with Crippen LogP contribution in [0.5, 0.6) is 0 Å². The summed E-state index contributed by atoms with van der Waals surface area (Å²) in [5.41, 5.74) is 7.03. The fourth-order valence-corrected chi connectivity index (χ4v) is 2.22. The van der Waals surface area contributed by atoms with Crippen LogP contribution in [0.1, 0.15) is 29.1 Å². The number of rotatable bonds is 4. The van der Waals surface area contributed by atoms with Crippen LogP contribution < -0.4 is 5.73 Å². The fourth-order valence-electron chi connectivity index (χ4n) is 1.95. The number of aromatic nitrogens is 3. The van der Waals surface area contributed by atoms with Gasteiger partial charge in [-0.15, -0.1) is 5.10 Å². The molecular weight excluding hydrogens is 324 g/mol. The molecule has 2 N–H and O–H groups in total. The Morgan fingerprint density at radius 1 is 1.40 bits per heavy atom. The zero-order valence-corrected chi connectivity index (χ0v) is 12.7. The molecule has 6 nitrogen and oxygen atoms in total. The van der Waals surface area contributed by atoms with E-state index in [2.05, 4.69) is 30.7 Å². The van der Waals surface area contributed by atoms with Gasteiger partial charge >= 0.3 is 5.97 Å². The molecule has 0 fully saturated rings. The zero-order valence-electron chi connectivity index (χ0n) is 11.2. The molecule has 0 bridgehead atoms. The van der Waals surface area contributed by atoms with Gasteiger partial charge in [0.25, 0.3) is 5.82 Å². The zero-order chi connectivity index (χ0) is 14.7. The molecule has 0 spiro atoms. The maximum atomic E-state index is 11.4. The average Bonchev–Trinajstić information content (AvgIpc) is 2.89. The van der Waals surface area contributed by atoms with Crippen LogP contribution in [-0.2, 0) is 4.74 Å². The molecule has 0 saturated carbocycles. The molecule has 0 aliphatic carbocycles. The minimum Gasteiger partial charge on any atom is -0.463 e. The third kappa shape index (κ3) is 3.05. The first-order valence-electron chi connectivity index (χ1n) is 6.03. The Morgan fingerprint density at radius 2 is 2.05 bits per heavy atom. The lowest BCUT2D eigenvalue weighted by Gasteiger charge is -2.21. The first kappa shape index (κ1) is 14.7. The summed E-state index contributed by atoms with van der Waals surface area (Å²) in [5.74, 6) is -0.543. The molecular formula is C13H15BrN4O2. The van der Waals surface area contributed by atoms with Gasteiger partial charge in [-0.05, 0) is 24.6 Å². The summed E-state index contributed by atoms with van der Waals surface area (Å²) in [6, 6.07) is 7.39. The second-order valence-corrected chi connectivity index (χ2v) is 5.31.